The fourth-order valence-corrected chi connectivity index (χ4v) is 2.41. The summed E-state index contributed by atoms with van der Waals surface area (Å²) in [6.07, 6.45) is 4.49. The first-order valence-electron chi connectivity index (χ1n) is 7.29. The number of hydrazone groups is 1. The SMILES string of the molecule is CC1(C)CC(=O)C=C(NCC(=O)N/N=C\c2ccccc2)C1. The highest BCUT2D eigenvalue weighted by atomic mass is 16.2. The lowest BCUT2D eigenvalue weighted by molar-refractivity contribution is -0.120. The zero-order valence-corrected chi connectivity index (χ0v) is 12.9. The first-order chi connectivity index (χ1) is 10.4. The van der Waals surface area contributed by atoms with Gasteiger partial charge in [0.2, 0.25) is 0 Å². The van der Waals surface area contributed by atoms with Crippen molar-refractivity contribution >= 4 is 17.9 Å². The Balaban J connectivity index is 1.78. The number of hydrogen-bond acceptors (Lipinski definition) is 4. The summed E-state index contributed by atoms with van der Waals surface area (Å²) in [5.74, 6) is -0.148. The zero-order chi connectivity index (χ0) is 16.0. The van der Waals surface area contributed by atoms with E-state index >= 15 is 0 Å². The molecule has 0 bridgehead atoms. The molecule has 1 aliphatic rings. The van der Waals surface area contributed by atoms with Crippen molar-refractivity contribution < 1.29 is 9.59 Å². The summed E-state index contributed by atoms with van der Waals surface area (Å²) >= 11 is 0. The van der Waals surface area contributed by atoms with E-state index in [1.54, 1.807) is 12.3 Å². The molecule has 1 aromatic carbocycles. The van der Waals surface area contributed by atoms with Crippen molar-refractivity contribution in [2.24, 2.45) is 10.5 Å². The van der Waals surface area contributed by atoms with Crippen molar-refractivity contribution in [1.29, 1.82) is 0 Å². The number of rotatable bonds is 5. The number of hydrogen-bond donors (Lipinski definition) is 2. The molecule has 0 radical (unpaired) electrons. The van der Waals surface area contributed by atoms with E-state index in [0.717, 1.165) is 17.7 Å². The van der Waals surface area contributed by atoms with Crippen LogP contribution in [0.25, 0.3) is 0 Å². The van der Waals surface area contributed by atoms with E-state index in [-0.39, 0.29) is 23.7 Å². The Kier molecular flexibility index (Phi) is 5.09. The van der Waals surface area contributed by atoms with Gasteiger partial charge in [0.1, 0.15) is 0 Å². The van der Waals surface area contributed by atoms with E-state index in [9.17, 15) is 9.59 Å². The lowest BCUT2D eigenvalue weighted by Crippen LogP contribution is -2.34. The molecule has 2 rings (SSSR count). The molecule has 116 valence electrons. The first kappa shape index (κ1) is 15.9. The van der Waals surface area contributed by atoms with E-state index in [0.29, 0.717) is 6.42 Å². The van der Waals surface area contributed by atoms with Crippen molar-refractivity contribution in [3.05, 3.63) is 47.7 Å². The number of nitrogens with one attached hydrogen (secondary N) is 2. The third-order valence-corrected chi connectivity index (χ3v) is 3.34. The minimum Gasteiger partial charge on any atom is -0.379 e. The summed E-state index contributed by atoms with van der Waals surface area (Å²) in [6.45, 7) is 4.19. The quantitative estimate of drug-likeness (QED) is 0.645. The van der Waals surface area contributed by atoms with Gasteiger partial charge in [-0.3, -0.25) is 9.59 Å². The number of carbonyl (C=O) groups excluding carboxylic acids is 2. The maximum Gasteiger partial charge on any atom is 0.259 e. The molecule has 0 aromatic heterocycles. The number of allylic oxidation sites excluding steroid dienone is 2. The van der Waals surface area contributed by atoms with Crippen molar-refractivity contribution in [1.82, 2.24) is 10.7 Å². The molecule has 0 unspecified atom stereocenters. The number of benzene rings is 1. The summed E-state index contributed by atoms with van der Waals surface area (Å²) in [4.78, 5) is 23.3. The highest BCUT2D eigenvalue weighted by Gasteiger charge is 2.27. The minimum atomic E-state index is -0.246. The normalized spacial score (nSPS) is 17.2. The third kappa shape index (κ3) is 5.16. The number of carbonyl (C=O) groups is 2. The summed E-state index contributed by atoms with van der Waals surface area (Å²) in [5.41, 5.74) is 4.12. The van der Waals surface area contributed by atoms with Crippen LogP contribution in [-0.2, 0) is 9.59 Å². The van der Waals surface area contributed by atoms with Crippen LogP contribution in [0.4, 0.5) is 0 Å². The summed E-state index contributed by atoms with van der Waals surface area (Å²) < 4.78 is 0. The van der Waals surface area contributed by atoms with Crippen LogP contribution in [0.3, 0.4) is 0 Å². The van der Waals surface area contributed by atoms with Crippen LogP contribution in [0.2, 0.25) is 0 Å². The standard InChI is InChI=1S/C17H21N3O2/c1-17(2)9-14(8-15(21)10-17)18-12-16(22)20-19-11-13-6-4-3-5-7-13/h3-8,11,18H,9-10,12H2,1-2H3,(H,20,22)/b19-11-. The smallest absolute Gasteiger partial charge is 0.259 e. The van der Waals surface area contributed by atoms with Crippen LogP contribution in [0, 0.1) is 5.41 Å². The Labute approximate surface area is 130 Å². The van der Waals surface area contributed by atoms with Gasteiger partial charge < -0.3 is 5.32 Å². The van der Waals surface area contributed by atoms with Crippen molar-refractivity contribution in [2.75, 3.05) is 6.54 Å². The molecule has 0 aliphatic heterocycles. The topological polar surface area (TPSA) is 70.6 Å². The van der Waals surface area contributed by atoms with E-state index in [4.69, 9.17) is 0 Å². The molecule has 0 heterocycles. The second-order valence-electron chi connectivity index (χ2n) is 6.21. The maximum atomic E-state index is 11.7. The van der Waals surface area contributed by atoms with Gasteiger partial charge in [-0.1, -0.05) is 44.2 Å². The Hall–Kier alpha value is -2.43. The van der Waals surface area contributed by atoms with Crippen LogP contribution < -0.4 is 10.7 Å². The lowest BCUT2D eigenvalue weighted by atomic mass is 9.79. The zero-order valence-electron chi connectivity index (χ0n) is 12.9. The van der Waals surface area contributed by atoms with Crippen molar-refractivity contribution in [3.8, 4) is 0 Å². The van der Waals surface area contributed by atoms with E-state index < -0.39 is 0 Å². The van der Waals surface area contributed by atoms with Crippen LogP contribution >= 0.6 is 0 Å². The second kappa shape index (κ2) is 7.02. The molecule has 0 saturated heterocycles. The van der Waals surface area contributed by atoms with Gasteiger partial charge in [0, 0.05) is 18.2 Å². The molecule has 1 aliphatic carbocycles. The molecule has 22 heavy (non-hydrogen) atoms. The van der Waals surface area contributed by atoms with Crippen LogP contribution in [0.15, 0.2) is 47.2 Å². The van der Waals surface area contributed by atoms with E-state index in [1.807, 2.05) is 44.2 Å². The van der Waals surface area contributed by atoms with Gasteiger partial charge in [-0.05, 0) is 17.4 Å². The number of ketones is 1. The monoisotopic (exact) mass is 299 g/mol. The molecule has 2 N–H and O–H groups in total. The first-order valence-corrected chi connectivity index (χ1v) is 7.29. The summed E-state index contributed by atoms with van der Waals surface area (Å²) in [5, 5.41) is 6.91. The molecule has 5 heteroatoms. The lowest BCUT2D eigenvalue weighted by Gasteiger charge is -2.29. The largest absolute Gasteiger partial charge is 0.379 e. The predicted molar refractivity (Wildman–Crippen MR) is 86.3 cm³/mol. The van der Waals surface area contributed by atoms with Gasteiger partial charge in [0.25, 0.3) is 5.91 Å². The molecular weight excluding hydrogens is 278 g/mol. The minimum absolute atomic E-state index is 0.0594. The molecule has 0 atom stereocenters. The predicted octanol–water partition coefficient (Wildman–Crippen LogP) is 2.00. The molecule has 1 amide bonds. The molecule has 0 fully saturated rings. The highest BCUT2D eigenvalue weighted by molar-refractivity contribution is 5.92. The Morgan fingerprint density at radius 1 is 1.27 bits per heavy atom. The Morgan fingerprint density at radius 2 is 2.00 bits per heavy atom. The average molecular weight is 299 g/mol. The number of amides is 1. The van der Waals surface area contributed by atoms with Gasteiger partial charge in [0.15, 0.2) is 5.78 Å². The van der Waals surface area contributed by atoms with Gasteiger partial charge in [-0.15, -0.1) is 0 Å². The fourth-order valence-electron chi connectivity index (χ4n) is 2.41. The van der Waals surface area contributed by atoms with Gasteiger partial charge in [0.05, 0.1) is 12.8 Å². The Bertz CT molecular complexity index is 604. The van der Waals surface area contributed by atoms with Crippen LogP contribution in [0.5, 0.6) is 0 Å². The van der Waals surface area contributed by atoms with E-state index in [2.05, 4.69) is 15.8 Å². The maximum absolute atomic E-state index is 11.7. The second-order valence-corrected chi connectivity index (χ2v) is 6.21. The molecule has 0 spiro atoms. The summed E-state index contributed by atoms with van der Waals surface area (Å²) in [6, 6.07) is 9.52. The van der Waals surface area contributed by atoms with Crippen molar-refractivity contribution in [2.45, 2.75) is 26.7 Å². The Morgan fingerprint density at radius 3 is 2.68 bits per heavy atom. The van der Waals surface area contributed by atoms with Crippen LogP contribution in [-0.4, -0.2) is 24.4 Å². The van der Waals surface area contributed by atoms with Gasteiger partial charge in [-0.25, -0.2) is 5.43 Å². The van der Waals surface area contributed by atoms with Gasteiger partial charge >= 0.3 is 0 Å². The average Bonchev–Trinajstić information content (AvgIpc) is 2.44. The van der Waals surface area contributed by atoms with Crippen LogP contribution in [0.1, 0.15) is 32.3 Å². The van der Waals surface area contributed by atoms with Gasteiger partial charge in [-0.2, -0.15) is 5.10 Å². The van der Waals surface area contributed by atoms with Crippen molar-refractivity contribution in [3.63, 3.8) is 0 Å². The number of nitrogens with zero attached hydrogens (tertiary/aromatic N) is 1. The molecule has 5 nitrogen and oxygen atoms in total. The third-order valence-electron chi connectivity index (χ3n) is 3.34. The fraction of sp³-hybridized carbons (Fsp3) is 0.353. The highest BCUT2D eigenvalue weighted by Crippen LogP contribution is 2.32. The summed E-state index contributed by atoms with van der Waals surface area (Å²) in [7, 11) is 0. The molecular formula is C17H21N3O2. The molecule has 1 aromatic rings. The molecule has 0 saturated carbocycles. The van der Waals surface area contributed by atoms with E-state index in [1.165, 1.54) is 0 Å².